The zero-order chi connectivity index (χ0) is 23.4. The van der Waals surface area contributed by atoms with Crippen LogP contribution in [0.15, 0.2) is 66.7 Å². The predicted molar refractivity (Wildman–Crippen MR) is 127 cm³/mol. The van der Waals surface area contributed by atoms with Crippen LogP contribution in [0.5, 0.6) is 0 Å². The van der Waals surface area contributed by atoms with E-state index >= 15 is 0 Å². The smallest absolute Gasteiger partial charge is 0.335 e. The van der Waals surface area contributed by atoms with Crippen LogP contribution in [-0.4, -0.2) is 29.3 Å². The number of anilines is 1. The number of rotatable bonds is 8. The van der Waals surface area contributed by atoms with E-state index in [1.807, 2.05) is 37.3 Å². The van der Waals surface area contributed by atoms with Gasteiger partial charge in [0.1, 0.15) is 11.2 Å². The van der Waals surface area contributed by atoms with Gasteiger partial charge in [-0.25, -0.2) is 9.18 Å². The third kappa shape index (κ3) is 5.10. The molecule has 0 spiro atoms. The molecule has 1 amide bonds. The molecule has 170 valence electrons. The van der Waals surface area contributed by atoms with Crippen molar-refractivity contribution in [2.24, 2.45) is 0 Å². The number of ether oxygens (including phenoxy) is 1. The minimum atomic E-state index is -1.01. The summed E-state index contributed by atoms with van der Waals surface area (Å²) in [6.45, 7) is 2.63. The summed E-state index contributed by atoms with van der Waals surface area (Å²) < 4.78 is 19.2. The number of aromatic carboxylic acids is 1. The fourth-order valence-corrected chi connectivity index (χ4v) is 5.19. The number of amides is 1. The quantitative estimate of drug-likeness (QED) is 0.453. The SMILES string of the molecule is Cc1c(N2C(=O)CSC2c2ccc(F)cc2)ccc(C(=O)O)c1CCOCc1ccccc1. The fourth-order valence-electron chi connectivity index (χ4n) is 4.02. The Balaban J connectivity index is 1.59. The number of hydrogen-bond donors (Lipinski definition) is 1. The van der Waals surface area contributed by atoms with Gasteiger partial charge in [0, 0.05) is 5.69 Å². The van der Waals surface area contributed by atoms with Gasteiger partial charge in [0.15, 0.2) is 0 Å². The summed E-state index contributed by atoms with van der Waals surface area (Å²) in [5.41, 5.74) is 4.13. The van der Waals surface area contributed by atoms with Crippen LogP contribution >= 0.6 is 11.8 Å². The number of carboxylic acid groups (broad SMARTS) is 1. The van der Waals surface area contributed by atoms with Crippen molar-refractivity contribution in [3.8, 4) is 0 Å². The van der Waals surface area contributed by atoms with Crippen molar-refractivity contribution in [2.45, 2.75) is 25.3 Å². The van der Waals surface area contributed by atoms with E-state index < -0.39 is 5.97 Å². The summed E-state index contributed by atoms with van der Waals surface area (Å²) in [5.74, 6) is -1.11. The van der Waals surface area contributed by atoms with Gasteiger partial charge in [0.05, 0.1) is 24.5 Å². The molecule has 0 saturated carbocycles. The molecule has 3 aromatic carbocycles. The molecule has 1 aliphatic heterocycles. The van der Waals surface area contributed by atoms with Gasteiger partial charge in [-0.3, -0.25) is 9.69 Å². The average Bonchev–Trinajstić information content (AvgIpc) is 3.19. The molecule has 1 fully saturated rings. The molecule has 0 aromatic heterocycles. The van der Waals surface area contributed by atoms with E-state index in [0.29, 0.717) is 36.6 Å². The Labute approximate surface area is 196 Å². The van der Waals surface area contributed by atoms with Crippen LogP contribution < -0.4 is 4.90 Å². The molecule has 1 saturated heterocycles. The maximum Gasteiger partial charge on any atom is 0.335 e. The summed E-state index contributed by atoms with van der Waals surface area (Å²) in [5, 5.41) is 9.43. The van der Waals surface area contributed by atoms with Crippen LogP contribution in [0.2, 0.25) is 0 Å². The Morgan fingerprint density at radius 3 is 2.55 bits per heavy atom. The number of benzene rings is 3. The van der Waals surface area contributed by atoms with Gasteiger partial charge in [-0.2, -0.15) is 0 Å². The van der Waals surface area contributed by atoms with E-state index in [1.165, 1.54) is 23.9 Å². The van der Waals surface area contributed by atoms with Crippen LogP contribution in [0.25, 0.3) is 0 Å². The number of carbonyl (C=O) groups excluding carboxylic acids is 1. The van der Waals surface area contributed by atoms with Crippen molar-refractivity contribution in [2.75, 3.05) is 17.3 Å². The molecule has 3 aromatic rings. The molecular formula is C26H24FNO4S. The van der Waals surface area contributed by atoms with Crippen molar-refractivity contribution in [1.82, 2.24) is 0 Å². The van der Waals surface area contributed by atoms with Crippen LogP contribution in [-0.2, 0) is 22.6 Å². The maximum atomic E-state index is 13.4. The summed E-state index contributed by atoms with van der Waals surface area (Å²) in [7, 11) is 0. The Morgan fingerprint density at radius 1 is 1.12 bits per heavy atom. The van der Waals surface area contributed by atoms with Crippen LogP contribution in [0.1, 0.15) is 38.0 Å². The highest BCUT2D eigenvalue weighted by molar-refractivity contribution is 8.00. The highest BCUT2D eigenvalue weighted by atomic mass is 32.2. The predicted octanol–water partition coefficient (Wildman–Crippen LogP) is 5.37. The third-order valence-corrected chi connectivity index (χ3v) is 6.90. The Morgan fingerprint density at radius 2 is 1.85 bits per heavy atom. The topological polar surface area (TPSA) is 66.8 Å². The lowest BCUT2D eigenvalue weighted by molar-refractivity contribution is -0.115. The standard InChI is InChI=1S/C26H24FNO4S/c1-17-21(13-14-32-15-18-5-3-2-4-6-18)22(26(30)31)11-12-23(17)28-24(29)16-33-25(28)19-7-9-20(27)10-8-19/h2-12,25H,13-16H2,1H3,(H,30,31). The van der Waals surface area contributed by atoms with E-state index in [-0.39, 0.29) is 22.7 Å². The number of thioether (sulfide) groups is 1. The summed E-state index contributed by atoms with van der Waals surface area (Å²) >= 11 is 1.47. The molecule has 0 bridgehead atoms. The first kappa shape index (κ1) is 23.0. The van der Waals surface area contributed by atoms with Gasteiger partial charge >= 0.3 is 5.97 Å². The summed E-state index contributed by atoms with van der Waals surface area (Å²) in [4.78, 5) is 26.4. The normalized spacial score (nSPS) is 15.8. The Kier molecular flexibility index (Phi) is 7.11. The molecule has 7 heteroatoms. The molecule has 0 aliphatic carbocycles. The van der Waals surface area contributed by atoms with Crippen molar-refractivity contribution in [3.05, 3.63) is 100 Å². The van der Waals surface area contributed by atoms with Gasteiger partial charge in [0.25, 0.3) is 0 Å². The fraction of sp³-hybridized carbons (Fsp3) is 0.231. The van der Waals surface area contributed by atoms with Gasteiger partial charge in [-0.1, -0.05) is 42.5 Å². The minimum absolute atomic E-state index is 0.0632. The van der Waals surface area contributed by atoms with Crippen molar-refractivity contribution >= 4 is 29.3 Å². The lowest BCUT2D eigenvalue weighted by atomic mass is 9.96. The molecule has 1 unspecified atom stereocenters. The van der Waals surface area contributed by atoms with E-state index in [0.717, 1.165) is 16.7 Å². The largest absolute Gasteiger partial charge is 0.478 e. The van der Waals surface area contributed by atoms with Gasteiger partial charge in [-0.15, -0.1) is 11.8 Å². The van der Waals surface area contributed by atoms with Crippen LogP contribution in [0.4, 0.5) is 10.1 Å². The molecule has 1 heterocycles. The second kappa shape index (κ2) is 10.2. The lowest BCUT2D eigenvalue weighted by Crippen LogP contribution is -2.29. The number of carboxylic acids is 1. The van der Waals surface area contributed by atoms with E-state index in [4.69, 9.17) is 4.74 Å². The third-order valence-electron chi connectivity index (χ3n) is 5.69. The molecule has 1 aliphatic rings. The maximum absolute atomic E-state index is 13.4. The van der Waals surface area contributed by atoms with E-state index in [1.54, 1.807) is 29.2 Å². The zero-order valence-corrected chi connectivity index (χ0v) is 19.0. The second-order valence-electron chi connectivity index (χ2n) is 7.81. The molecule has 5 nitrogen and oxygen atoms in total. The molecule has 1 N–H and O–H groups in total. The molecular weight excluding hydrogens is 441 g/mol. The Hall–Kier alpha value is -3.16. The average molecular weight is 466 g/mol. The first-order valence-electron chi connectivity index (χ1n) is 10.6. The van der Waals surface area contributed by atoms with E-state index in [9.17, 15) is 19.1 Å². The van der Waals surface area contributed by atoms with Crippen LogP contribution in [0.3, 0.4) is 0 Å². The van der Waals surface area contributed by atoms with Gasteiger partial charge < -0.3 is 9.84 Å². The van der Waals surface area contributed by atoms with Gasteiger partial charge in [0.2, 0.25) is 5.91 Å². The second-order valence-corrected chi connectivity index (χ2v) is 8.88. The highest BCUT2D eigenvalue weighted by Crippen LogP contribution is 2.43. The highest BCUT2D eigenvalue weighted by Gasteiger charge is 2.35. The summed E-state index contributed by atoms with van der Waals surface area (Å²) in [6.07, 6.45) is 0.407. The van der Waals surface area contributed by atoms with E-state index in [2.05, 4.69) is 0 Å². The number of hydrogen-bond acceptors (Lipinski definition) is 4. The molecule has 4 rings (SSSR count). The van der Waals surface area contributed by atoms with Gasteiger partial charge in [-0.05, 0) is 59.9 Å². The number of halogens is 1. The van der Waals surface area contributed by atoms with Crippen molar-refractivity contribution < 1.29 is 23.8 Å². The van der Waals surface area contributed by atoms with Crippen molar-refractivity contribution in [3.63, 3.8) is 0 Å². The van der Waals surface area contributed by atoms with Crippen LogP contribution in [0, 0.1) is 12.7 Å². The summed E-state index contributed by atoms with van der Waals surface area (Å²) in [6, 6.07) is 19.1. The zero-order valence-electron chi connectivity index (χ0n) is 18.2. The molecule has 33 heavy (non-hydrogen) atoms. The number of carbonyl (C=O) groups is 2. The Bertz CT molecular complexity index is 1150. The van der Waals surface area contributed by atoms with Crippen molar-refractivity contribution in [1.29, 1.82) is 0 Å². The minimum Gasteiger partial charge on any atom is -0.478 e. The molecule has 1 atom stereocenters. The first-order valence-corrected chi connectivity index (χ1v) is 11.7. The monoisotopic (exact) mass is 465 g/mol. The number of nitrogens with zero attached hydrogens (tertiary/aromatic N) is 1. The first-order chi connectivity index (χ1) is 16.0. The lowest BCUT2D eigenvalue weighted by Gasteiger charge is -2.27. The molecule has 0 radical (unpaired) electrons.